The molecular formula is C19H20F2N2O3. The molecule has 0 atom stereocenters. The van der Waals surface area contributed by atoms with Gasteiger partial charge in [0.2, 0.25) is 0 Å². The summed E-state index contributed by atoms with van der Waals surface area (Å²) in [5.74, 6) is 0.493. The number of ether oxygens (including phenoxy) is 2. The van der Waals surface area contributed by atoms with Crippen LogP contribution in [-0.2, 0) is 6.42 Å². The average molecular weight is 362 g/mol. The molecule has 5 nitrogen and oxygen atoms in total. The minimum absolute atomic E-state index is 0.126. The van der Waals surface area contributed by atoms with E-state index < -0.39 is 6.61 Å². The Hall–Kier alpha value is -2.96. The highest BCUT2D eigenvalue weighted by Crippen LogP contribution is 2.16. The summed E-state index contributed by atoms with van der Waals surface area (Å²) in [6.07, 6.45) is 1.29. The van der Waals surface area contributed by atoms with Gasteiger partial charge in [0.25, 0.3) is 5.91 Å². The van der Waals surface area contributed by atoms with Gasteiger partial charge in [-0.25, -0.2) is 5.43 Å². The molecule has 0 bridgehead atoms. The average Bonchev–Trinajstić information content (AvgIpc) is 2.65. The zero-order chi connectivity index (χ0) is 18.9. The number of amides is 1. The number of halogens is 2. The van der Waals surface area contributed by atoms with Crippen molar-refractivity contribution in [2.75, 3.05) is 7.11 Å². The smallest absolute Gasteiger partial charge is 0.387 e. The first-order valence-electron chi connectivity index (χ1n) is 7.99. The monoisotopic (exact) mass is 362 g/mol. The van der Waals surface area contributed by atoms with Crippen LogP contribution in [0.1, 0.15) is 29.3 Å². The van der Waals surface area contributed by atoms with Crippen molar-refractivity contribution in [2.24, 2.45) is 5.10 Å². The Balaban J connectivity index is 1.82. The summed E-state index contributed by atoms with van der Waals surface area (Å²) in [6, 6.07) is 13.2. The van der Waals surface area contributed by atoms with Crippen molar-refractivity contribution in [3.05, 3.63) is 59.7 Å². The zero-order valence-corrected chi connectivity index (χ0v) is 14.5. The number of nitrogens with one attached hydrogen (secondary N) is 1. The van der Waals surface area contributed by atoms with Crippen molar-refractivity contribution in [3.63, 3.8) is 0 Å². The fraction of sp³-hybridized carbons (Fsp3) is 0.263. The maximum atomic E-state index is 12.1. The molecule has 1 amide bonds. The zero-order valence-electron chi connectivity index (χ0n) is 14.5. The largest absolute Gasteiger partial charge is 0.497 e. The molecule has 0 aliphatic carbocycles. The molecule has 0 spiro atoms. The Morgan fingerprint density at radius 2 is 1.69 bits per heavy atom. The minimum atomic E-state index is -2.83. The van der Waals surface area contributed by atoms with E-state index >= 15 is 0 Å². The van der Waals surface area contributed by atoms with Gasteiger partial charge in [-0.1, -0.05) is 12.1 Å². The summed E-state index contributed by atoms with van der Waals surface area (Å²) in [5, 5.41) is 4.08. The van der Waals surface area contributed by atoms with Crippen LogP contribution in [0.25, 0.3) is 0 Å². The standard InChI is InChI=1S/C19H20F2N2O3/c1-13(3-4-14-5-9-17(10-6-14)26-19(20)21)22-23-18(24)15-7-11-16(25-2)12-8-15/h5-12,19H,3-4H2,1-2H3,(H,23,24)/b22-13-. The van der Waals surface area contributed by atoms with Gasteiger partial charge in [0, 0.05) is 11.3 Å². The van der Waals surface area contributed by atoms with Crippen LogP contribution >= 0.6 is 0 Å². The number of carbonyl (C=O) groups excluding carboxylic acids is 1. The van der Waals surface area contributed by atoms with Crippen LogP contribution in [0.3, 0.4) is 0 Å². The molecule has 0 aliphatic rings. The van der Waals surface area contributed by atoms with Gasteiger partial charge in [0.15, 0.2) is 0 Å². The van der Waals surface area contributed by atoms with Crippen molar-refractivity contribution in [2.45, 2.75) is 26.4 Å². The molecule has 0 radical (unpaired) electrons. The highest BCUT2D eigenvalue weighted by atomic mass is 19.3. The number of hydrazone groups is 1. The molecule has 0 aromatic heterocycles. The van der Waals surface area contributed by atoms with Gasteiger partial charge in [0.1, 0.15) is 11.5 Å². The first-order valence-corrected chi connectivity index (χ1v) is 7.99. The highest BCUT2D eigenvalue weighted by molar-refractivity contribution is 5.95. The lowest BCUT2D eigenvalue weighted by Crippen LogP contribution is -2.19. The molecule has 7 heteroatoms. The number of methoxy groups -OCH3 is 1. The van der Waals surface area contributed by atoms with Gasteiger partial charge in [-0.3, -0.25) is 4.79 Å². The number of benzene rings is 2. The van der Waals surface area contributed by atoms with E-state index in [-0.39, 0.29) is 11.7 Å². The number of aryl methyl sites for hydroxylation is 1. The minimum Gasteiger partial charge on any atom is -0.497 e. The normalized spacial score (nSPS) is 11.3. The van der Waals surface area contributed by atoms with Crippen LogP contribution in [0.4, 0.5) is 8.78 Å². The fourth-order valence-electron chi connectivity index (χ4n) is 2.17. The molecule has 1 N–H and O–H groups in total. The Bertz CT molecular complexity index is 744. The maximum Gasteiger partial charge on any atom is 0.387 e. The summed E-state index contributed by atoms with van der Waals surface area (Å²) >= 11 is 0. The topological polar surface area (TPSA) is 59.9 Å². The summed E-state index contributed by atoms with van der Waals surface area (Å²) in [6.45, 7) is -1.02. The first kappa shape index (κ1) is 19.4. The molecule has 138 valence electrons. The SMILES string of the molecule is COc1ccc(C(=O)N/N=C(/C)CCc2ccc(OC(F)F)cc2)cc1. The summed E-state index contributed by atoms with van der Waals surface area (Å²) in [5.41, 5.74) is 4.70. The van der Waals surface area contributed by atoms with E-state index in [0.29, 0.717) is 24.2 Å². The van der Waals surface area contributed by atoms with Gasteiger partial charge in [-0.2, -0.15) is 13.9 Å². The van der Waals surface area contributed by atoms with Crippen molar-refractivity contribution in [1.29, 1.82) is 0 Å². The van der Waals surface area contributed by atoms with E-state index in [1.807, 2.05) is 6.92 Å². The number of nitrogens with zero attached hydrogens (tertiary/aromatic N) is 1. The van der Waals surface area contributed by atoms with E-state index in [1.165, 1.54) is 12.1 Å². The Kier molecular flexibility index (Phi) is 7.08. The van der Waals surface area contributed by atoms with Gasteiger partial charge in [-0.05, 0) is 61.7 Å². The van der Waals surface area contributed by atoms with Gasteiger partial charge < -0.3 is 9.47 Å². The van der Waals surface area contributed by atoms with Crippen molar-refractivity contribution in [1.82, 2.24) is 5.43 Å². The lowest BCUT2D eigenvalue weighted by atomic mass is 10.1. The van der Waals surface area contributed by atoms with Crippen molar-refractivity contribution < 1.29 is 23.0 Å². The molecule has 0 unspecified atom stereocenters. The van der Waals surface area contributed by atoms with Crippen LogP contribution < -0.4 is 14.9 Å². The van der Waals surface area contributed by atoms with E-state index in [0.717, 1.165) is 11.3 Å². The molecule has 0 heterocycles. The lowest BCUT2D eigenvalue weighted by molar-refractivity contribution is -0.0498. The van der Waals surface area contributed by atoms with Gasteiger partial charge >= 0.3 is 6.61 Å². The predicted octanol–water partition coefficient (Wildman–Crippen LogP) is 4.04. The maximum absolute atomic E-state index is 12.1. The molecule has 0 fully saturated rings. The van der Waals surface area contributed by atoms with E-state index in [1.54, 1.807) is 43.5 Å². The second-order valence-corrected chi connectivity index (χ2v) is 5.54. The van der Waals surface area contributed by atoms with E-state index in [4.69, 9.17) is 4.74 Å². The molecule has 0 aliphatic heterocycles. The van der Waals surface area contributed by atoms with E-state index in [2.05, 4.69) is 15.3 Å². The summed E-state index contributed by atoms with van der Waals surface area (Å²) in [7, 11) is 1.56. The first-order chi connectivity index (χ1) is 12.5. The third-order valence-corrected chi connectivity index (χ3v) is 3.62. The van der Waals surface area contributed by atoms with Crippen molar-refractivity contribution >= 4 is 11.6 Å². The lowest BCUT2D eigenvalue weighted by Gasteiger charge is -2.06. The van der Waals surface area contributed by atoms with Crippen LogP contribution in [-0.4, -0.2) is 25.3 Å². The number of rotatable bonds is 8. The Labute approximate surface area is 150 Å². The summed E-state index contributed by atoms with van der Waals surface area (Å²) < 4.78 is 33.6. The van der Waals surface area contributed by atoms with Crippen LogP contribution in [0.15, 0.2) is 53.6 Å². The molecule has 26 heavy (non-hydrogen) atoms. The molecule has 2 aromatic rings. The molecule has 2 rings (SSSR count). The Morgan fingerprint density at radius 3 is 2.27 bits per heavy atom. The molecular weight excluding hydrogens is 342 g/mol. The van der Waals surface area contributed by atoms with Gasteiger partial charge in [-0.15, -0.1) is 0 Å². The third kappa shape index (κ3) is 6.16. The van der Waals surface area contributed by atoms with Crippen LogP contribution in [0.5, 0.6) is 11.5 Å². The number of carbonyl (C=O) groups is 1. The second-order valence-electron chi connectivity index (χ2n) is 5.54. The second kappa shape index (κ2) is 9.50. The Morgan fingerprint density at radius 1 is 1.08 bits per heavy atom. The van der Waals surface area contributed by atoms with Gasteiger partial charge in [0.05, 0.1) is 7.11 Å². The summed E-state index contributed by atoms with van der Waals surface area (Å²) in [4.78, 5) is 12.0. The third-order valence-electron chi connectivity index (χ3n) is 3.62. The number of hydrogen-bond donors (Lipinski definition) is 1. The van der Waals surface area contributed by atoms with Crippen LogP contribution in [0.2, 0.25) is 0 Å². The number of alkyl halides is 2. The van der Waals surface area contributed by atoms with Crippen molar-refractivity contribution in [3.8, 4) is 11.5 Å². The predicted molar refractivity (Wildman–Crippen MR) is 95.0 cm³/mol. The van der Waals surface area contributed by atoms with E-state index in [9.17, 15) is 13.6 Å². The fourth-order valence-corrected chi connectivity index (χ4v) is 2.17. The highest BCUT2D eigenvalue weighted by Gasteiger charge is 2.06. The molecule has 0 saturated heterocycles. The quantitative estimate of drug-likeness (QED) is 0.570. The van der Waals surface area contributed by atoms with Crippen LogP contribution in [0, 0.1) is 0 Å². The number of hydrogen-bond acceptors (Lipinski definition) is 4. The molecule has 2 aromatic carbocycles. The molecule has 0 saturated carbocycles.